The fourth-order valence-corrected chi connectivity index (χ4v) is 4.52. The smallest absolute Gasteiger partial charge is 0.417 e. The summed E-state index contributed by atoms with van der Waals surface area (Å²) in [6, 6.07) is 10.3. The number of imide groups is 1. The molecule has 35 heavy (non-hydrogen) atoms. The molecule has 1 fully saturated rings. The van der Waals surface area contributed by atoms with E-state index in [0.29, 0.717) is 35.4 Å². The Labute approximate surface area is 212 Å². The number of carbonyl (C=O) groups excluding carboxylic acids is 3. The van der Waals surface area contributed by atoms with Crippen LogP contribution >= 0.6 is 15.9 Å². The molecular weight excluding hydrogens is 522 g/mol. The second-order valence-corrected chi connectivity index (χ2v) is 9.20. The van der Waals surface area contributed by atoms with Crippen LogP contribution in [0, 0.1) is 5.92 Å². The van der Waals surface area contributed by atoms with Crippen molar-refractivity contribution in [2.24, 2.45) is 5.92 Å². The number of furan rings is 1. The summed E-state index contributed by atoms with van der Waals surface area (Å²) in [5.74, 6) is -1.12. The van der Waals surface area contributed by atoms with Crippen LogP contribution in [0.4, 0.5) is 4.79 Å². The molecule has 0 saturated carbocycles. The maximum absolute atomic E-state index is 13.4. The first kappa shape index (κ1) is 26.9. The number of nitrogens with zero attached hydrogens (tertiary/aromatic N) is 1. The van der Waals surface area contributed by atoms with E-state index in [0.717, 1.165) is 10.5 Å². The van der Waals surface area contributed by atoms with Crippen molar-refractivity contribution in [3.8, 4) is 0 Å². The zero-order valence-corrected chi connectivity index (χ0v) is 21.5. The summed E-state index contributed by atoms with van der Waals surface area (Å²) >= 11 is 3.46. The number of benzene rings is 1. The van der Waals surface area contributed by atoms with Crippen molar-refractivity contribution in [3.05, 3.63) is 58.0 Å². The summed E-state index contributed by atoms with van der Waals surface area (Å²) in [6.45, 7) is 5.25. The summed E-state index contributed by atoms with van der Waals surface area (Å²) in [6.07, 6.45) is -1.18. The molecule has 0 spiro atoms. The average molecular weight is 552 g/mol. The first-order valence-electron chi connectivity index (χ1n) is 11.5. The van der Waals surface area contributed by atoms with E-state index in [4.69, 9.17) is 23.7 Å². The predicted molar refractivity (Wildman–Crippen MR) is 128 cm³/mol. The van der Waals surface area contributed by atoms with Crippen molar-refractivity contribution in [3.63, 3.8) is 0 Å². The van der Waals surface area contributed by atoms with E-state index >= 15 is 0 Å². The third-order valence-corrected chi connectivity index (χ3v) is 6.43. The average Bonchev–Trinajstić information content (AvgIpc) is 3.35. The number of aryl methyl sites for hydroxylation is 1. The van der Waals surface area contributed by atoms with Crippen LogP contribution in [0.3, 0.4) is 0 Å². The summed E-state index contributed by atoms with van der Waals surface area (Å²) in [7, 11) is 0. The van der Waals surface area contributed by atoms with Gasteiger partial charge in [0.15, 0.2) is 6.10 Å². The van der Waals surface area contributed by atoms with Crippen LogP contribution in [0.5, 0.6) is 0 Å². The van der Waals surface area contributed by atoms with Gasteiger partial charge in [0.25, 0.3) is 0 Å². The van der Waals surface area contributed by atoms with Crippen molar-refractivity contribution in [1.82, 2.24) is 4.90 Å². The Morgan fingerprint density at radius 2 is 1.94 bits per heavy atom. The van der Waals surface area contributed by atoms with E-state index in [1.54, 1.807) is 19.9 Å². The summed E-state index contributed by atoms with van der Waals surface area (Å²) in [5.41, 5.74) is 0.787. The molecular formula is C25H30BrNO8. The zero-order valence-electron chi connectivity index (χ0n) is 19.9. The molecule has 2 aromatic rings. The maximum Gasteiger partial charge on any atom is 0.417 e. The van der Waals surface area contributed by atoms with Gasteiger partial charge in [-0.05, 0) is 47.8 Å². The molecule has 190 valence electrons. The third-order valence-electron chi connectivity index (χ3n) is 5.76. The fourth-order valence-electron chi connectivity index (χ4n) is 4.02. The molecule has 1 aliphatic heterocycles. The second-order valence-electron chi connectivity index (χ2n) is 8.34. The summed E-state index contributed by atoms with van der Waals surface area (Å²) in [4.78, 5) is 39.1. The molecule has 1 aromatic heterocycles. The van der Waals surface area contributed by atoms with Gasteiger partial charge in [0, 0.05) is 20.0 Å². The minimum Gasteiger partial charge on any atom is -0.461 e. The van der Waals surface area contributed by atoms with Gasteiger partial charge in [-0.15, -0.1) is 0 Å². The van der Waals surface area contributed by atoms with Gasteiger partial charge < -0.3 is 23.7 Å². The molecule has 0 aliphatic carbocycles. The van der Waals surface area contributed by atoms with Gasteiger partial charge in [-0.1, -0.05) is 30.3 Å². The standard InChI is InChI=1S/C25H30BrNO8/c1-15(24(30)27-16(2)23(35-25(27)31)18-8-5-4-6-9-18)22(33-17(3)29)21-14-19(26)20(34-21)10-7-12-32-13-11-28/h4-6,8-9,14-16,22-23,28H,7,10-13H2,1-3H3/t15-,16-,22-,23-/m0/s1. The van der Waals surface area contributed by atoms with Crippen LogP contribution in [-0.4, -0.2) is 53.8 Å². The first-order valence-corrected chi connectivity index (χ1v) is 12.3. The highest BCUT2D eigenvalue weighted by molar-refractivity contribution is 9.10. The molecule has 1 aliphatic rings. The molecule has 3 rings (SSSR count). The number of cyclic esters (lactones) is 1. The van der Waals surface area contributed by atoms with Crippen LogP contribution in [-0.2, 0) is 30.2 Å². The number of halogens is 1. The number of esters is 1. The van der Waals surface area contributed by atoms with Crippen LogP contribution < -0.4 is 0 Å². The van der Waals surface area contributed by atoms with Gasteiger partial charge in [0.2, 0.25) is 5.91 Å². The minimum atomic E-state index is -1.04. The number of ether oxygens (including phenoxy) is 3. The molecule has 1 saturated heterocycles. The molecule has 2 heterocycles. The van der Waals surface area contributed by atoms with Crippen LogP contribution in [0.25, 0.3) is 0 Å². The van der Waals surface area contributed by atoms with E-state index in [2.05, 4.69) is 15.9 Å². The number of hydrogen-bond donors (Lipinski definition) is 1. The van der Waals surface area contributed by atoms with Gasteiger partial charge in [-0.25, -0.2) is 9.69 Å². The zero-order chi connectivity index (χ0) is 25.5. The normalized spacial score (nSPS) is 19.3. The quantitative estimate of drug-likeness (QED) is 0.324. The van der Waals surface area contributed by atoms with Crippen LogP contribution in [0.15, 0.2) is 45.3 Å². The van der Waals surface area contributed by atoms with Gasteiger partial charge >= 0.3 is 12.1 Å². The summed E-state index contributed by atoms with van der Waals surface area (Å²) < 4.78 is 22.9. The molecule has 1 aromatic carbocycles. The van der Waals surface area contributed by atoms with E-state index in [9.17, 15) is 14.4 Å². The van der Waals surface area contributed by atoms with Gasteiger partial charge in [-0.2, -0.15) is 0 Å². The number of rotatable bonds is 11. The van der Waals surface area contributed by atoms with Crippen molar-refractivity contribution in [2.75, 3.05) is 19.8 Å². The second kappa shape index (κ2) is 12.3. The summed E-state index contributed by atoms with van der Waals surface area (Å²) in [5, 5.41) is 8.79. The Bertz CT molecular complexity index is 1020. The fraction of sp³-hybridized carbons (Fsp3) is 0.480. The van der Waals surface area contributed by atoms with E-state index in [1.165, 1.54) is 6.92 Å². The molecule has 0 unspecified atom stereocenters. The van der Waals surface area contributed by atoms with Crippen molar-refractivity contribution < 1.29 is 38.1 Å². The molecule has 0 bridgehead atoms. The number of hydrogen-bond acceptors (Lipinski definition) is 8. The van der Waals surface area contributed by atoms with Gasteiger partial charge in [-0.3, -0.25) is 9.59 Å². The molecule has 9 nitrogen and oxygen atoms in total. The van der Waals surface area contributed by atoms with Gasteiger partial charge in [0.05, 0.1) is 29.6 Å². The highest BCUT2D eigenvalue weighted by atomic mass is 79.9. The van der Waals surface area contributed by atoms with E-state index in [-0.39, 0.29) is 13.2 Å². The van der Waals surface area contributed by atoms with E-state index < -0.39 is 42.1 Å². The number of aliphatic hydroxyl groups excluding tert-OH is 1. The highest BCUT2D eigenvalue weighted by Gasteiger charge is 2.46. The highest BCUT2D eigenvalue weighted by Crippen LogP contribution is 2.37. The van der Waals surface area contributed by atoms with Crippen LogP contribution in [0.2, 0.25) is 0 Å². The lowest BCUT2D eigenvalue weighted by Crippen LogP contribution is -2.43. The lowest BCUT2D eigenvalue weighted by atomic mass is 9.98. The van der Waals surface area contributed by atoms with Crippen LogP contribution in [0.1, 0.15) is 56.5 Å². The largest absolute Gasteiger partial charge is 0.461 e. The molecule has 0 radical (unpaired) electrons. The number of carbonyl (C=O) groups is 3. The Kier molecular flexibility index (Phi) is 9.47. The van der Waals surface area contributed by atoms with Gasteiger partial charge in [0.1, 0.15) is 17.6 Å². The molecule has 4 atom stereocenters. The third kappa shape index (κ3) is 6.50. The monoisotopic (exact) mass is 551 g/mol. The first-order chi connectivity index (χ1) is 16.7. The van der Waals surface area contributed by atoms with E-state index in [1.807, 2.05) is 30.3 Å². The Morgan fingerprint density at radius 3 is 2.60 bits per heavy atom. The SMILES string of the molecule is CC(=O)O[C@H](c1cc(Br)c(CCCOCCO)o1)[C@H](C)C(=O)N1C(=O)O[C@H](c2ccccc2)[C@@H]1C. The van der Waals surface area contributed by atoms with Crippen molar-refractivity contribution in [2.45, 2.75) is 51.9 Å². The number of amides is 2. The topological polar surface area (TPSA) is 116 Å². The predicted octanol–water partition coefficient (Wildman–Crippen LogP) is 4.33. The minimum absolute atomic E-state index is 0.0418. The maximum atomic E-state index is 13.4. The van der Waals surface area contributed by atoms with Crippen molar-refractivity contribution >= 4 is 33.9 Å². The number of aliphatic hydroxyl groups is 1. The Morgan fingerprint density at radius 1 is 1.23 bits per heavy atom. The molecule has 2 amide bonds. The lowest BCUT2D eigenvalue weighted by Gasteiger charge is -2.26. The van der Waals surface area contributed by atoms with Crippen molar-refractivity contribution in [1.29, 1.82) is 0 Å². The molecule has 1 N–H and O–H groups in total. The lowest BCUT2D eigenvalue weighted by molar-refractivity contribution is -0.154. The Balaban J connectivity index is 1.77. The Hall–Kier alpha value is -2.69. The molecule has 10 heteroatoms.